The maximum atomic E-state index is 13.1. The lowest BCUT2D eigenvalue weighted by Gasteiger charge is -2.36. The Morgan fingerprint density at radius 1 is 1.20 bits per heavy atom. The highest BCUT2D eigenvalue weighted by atomic mass is 19.1. The number of rotatable bonds is 4. The van der Waals surface area contributed by atoms with Gasteiger partial charge in [-0.05, 0) is 36.2 Å². The molecule has 1 fully saturated rings. The topological polar surface area (TPSA) is 48.5 Å². The second-order valence-electron chi connectivity index (χ2n) is 6.15. The molecule has 2 aromatic rings. The zero-order chi connectivity index (χ0) is 17.6. The second-order valence-corrected chi connectivity index (χ2v) is 6.15. The zero-order valence-electron chi connectivity index (χ0n) is 14.4. The molecule has 1 saturated heterocycles. The monoisotopic (exact) mass is 342 g/mol. The van der Waals surface area contributed by atoms with Crippen LogP contribution in [0.5, 0.6) is 0 Å². The third kappa shape index (κ3) is 4.26. The van der Waals surface area contributed by atoms with Crippen molar-refractivity contribution >= 4 is 11.7 Å². The third-order valence-electron chi connectivity index (χ3n) is 4.56. The van der Waals surface area contributed by atoms with Crippen LogP contribution in [0.15, 0.2) is 48.8 Å². The number of benzene rings is 1. The number of hydrogen-bond acceptors (Lipinski definition) is 3. The largest absolute Gasteiger partial charge is 0.367 e. The Morgan fingerprint density at radius 3 is 2.52 bits per heavy atom. The van der Waals surface area contributed by atoms with Crippen LogP contribution in [0.4, 0.5) is 14.9 Å². The van der Waals surface area contributed by atoms with Crippen LogP contribution in [-0.4, -0.2) is 42.1 Å². The minimum absolute atomic E-state index is 0.0676. The first kappa shape index (κ1) is 17.2. The number of carbonyl (C=O) groups excluding carboxylic acids is 1. The highest BCUT2D eigenvalue weighted by Gasteiger charge is 2.23. The van der Waals surface area contributed by atoms with Crippen molar-refractivity contribution in [2.75, 3.05) is 31.1 Å². The van der Waals surface area contributed by atoms with Crippen molar-refractivity contribution in [2.45, 2.75) is 19.4 Å². The summed E-state index contributed by atoms with van der Waals surface area (Å²) in [4.78, 5) is 20.8. The number of urea groups is 1. The first-order valence-corrected chi connectivity index (χ1v) is 8.63. The molecule has 0 bridgehead atoms. The smallest absolute Gasteiger partial charge is 0.318 e. The lowest BCUT2D eigenvalue weighted by molar-refractivity contribution is 0.190. The number of hydrogen-bond donors (Lipinski definition) is 1. The molecule has 0 saturated carbocycles. The highest BCUT2D eigenvalue weighted by molar-refractivity contribution is 5.75. The number of piperazine rings is 1. The van der Waals surface area contributed by atoms with Gasteiger partial charge in [-0.15, -0.1) is 0 Å². The van der Waals surface area contributed by atoms with Gasteiger partial charge in [0.1, 0.15) is 5.82 Å². The van der Waals surface area contributed by atoms with Gasteiger partial charge in [0.15, 0.2) is 0 Å². The fourth-order valence-electron chi connectivity index (χ4n) is 3.07. The van der Waals surface area contributed by atoms with E-state index >= 15 is 0 Å². The lowest BCUT2D eigenvalue weighted by Crippen LogP contribution is -2.52. The van der Waals surface area contributed by atoms with Crippen LogP contribution in [0.1, 0.15) is 24.9 Å². The Hall–Kier alpha value is -2.63. The predicted molar refractivity (Wildman–Crippen MR) is 96.0 cm³/mol. The Morgan fingerprint density at radius 2 is 1.92 bits per heavy atom. The van der Waals surface area contributed by atoms with Crippen LogP contribution in [0.3, 0.4) is 0 Å². The summed E-state index contributed by atoms with van der Waals surface area (Å²) < 4.78 is 13.1. The number of halogens is 1. The molecule has 1 aliphatic rings. The first-order chi connectivity index (χ1) is 12.2. The molecule has 1 atom stereocenters. The third-order valence-corrected chi connectivity index (χ3v) is 4.56. The molecule has 132 valence electrons. The van der Waals surface area contributed by atoms with Gasteiger partial charge in [0.05, 0.1) is 17.9 Å². The van der Waals surface area contributed by atoms with E-state index in [-0.39, 0.29) is 17.9 Å². The van der Waals surface area contributed by atoms with Gasteiger partial charge in [-0.25, -0.2) is 9.18 Å². The van der Waals surface area contributed by atoms with Crippen LogP contribution in [0, 0.1) is 5.82 Å². The molecule has 1 aromatic heterocycles. The lowest BCUT2D eigenvalue weighted by atomic mass is 10.0. The Labute approximate surface area is 147 Å². The fourth-order valence-corrected chi connectivity index (χ4v) is 3.07. The number of carbonyl (C=O) groups is 1. The molecule has 0 spiro atoms. The number of anilines is 1. The summed E-state index contributed by atoms with van der Waals surface area (Å²) >= 11 is 0. The van der Waals surface area contributed by atoms with Crippen molar-refractivity contribution in [1.29, 1.82) is 0 Å². The van der Waals surface area contributed by atoms with E-state index in [1.807, 2.05) is 30.2 Å². The van der Waals surface area contributed by atoms with Gasteiger partial charge in [0, 0.05) is 32.4 Å². The van der Waals surface area contributed by atoms with Gasteiger partial charge in [-0.1, -0.05) is 19.1 Å². The average molecular weight is 342 g/mol. The van der Waals surface area contributed by atoms with E-state index in [4.69, 9.17) is 0 Å². The molecule has 2 heterocycles. The molecule has 1 N–H and O–H groups in total. The van der Waals surface area contributed by atoms with E-state index in [9.17, 15) is 9.18 Å². The predicted octanol–water partition coefficient (Wildman–Crippen LogP) is 3.20. The number of aromatic nitrogens is 1. The van der Waals surface area contributed by atoms with Gasteiger partial charge < -0.3 is 15.1 Å². The first-order valence-electron chi connectivity index (χ1n) is 8.63. The molecule has 5 nitrogen and oxygen atoms in total. The molecule has 1 aromatic carbocycles. The summed E-state index contributed by atoms with van der Waals surface area (Å²) in [6.45, 7) is 4.91. The minimum atomic E-state index is -0.267. The quantitative estimate of drug-likeness (QED) is 0.928. The Balaban J connectivity index is 1.56. The van der Waals surface area contributed by atoms with Crippen molar-refractivity contribution in [1.82, 2.24) is 15.2 Å². The van der Waals surface area contributed by atoms with Crippen molar-refractivity contribution in [3.8, 4) is 0 Å². The van der Waals surface area contributed by atoms with E-state index in [1.54, 1.807) is 18.3 Å². The average Bonchev–Trinajstić information content (AvgIpc) is 2.67. The summed E-state index contributed by atoms with van der Waals surface area (Å²) in [6, 6.07) is 10.1. The van der Waals surface area contributed by atoms with Gasteiger partial charge >= 0.3 is 6.03 Å². The minimum Gasteiger partial charge on any atom is -0.367 e. The highest BCUT2D eigenvalue weighted by Crippen LogP contribution is 2.18. The summed E-state index contributed by atoms with van der Waals surface area (Å²) in [5.74, 6) is -0.267. The van der Waals surface area contributed by atoms with Crippen molar-refractivity contribution < 1.29 is 9.18 Å². The number of nitrogens with zero attached hydrogens (tertiary/aromatic N) is 3. The zero-order valence-corrected chi connectivity index (χ0v) is 14.4. The van der Waals surface area contributed by atoms with Gasteiger partial charge in [-0.2, -0.15) is 0 Å². The summed E-state index contributed by atoms with van der Waals surface area (Å²) in [6.07, 6.45) is 4.36. The maximum Gasteiger partial charge on any atom is 0.318 e. The Bertz CT molecular complexity index is 684. The molecule has 0 unspecified atom stereocenters. The molecule has 6 heteroatoms. The molecular formula is C19H23FN4O. The van der Waals surface area contributed by atoms with Crippen molar-refractivity contribution in [3.05, 3.63) is 60.2 Å². The summed E-state index contributed by atoms with van der Waals surface area (Å²) in [5.41, 5.74) is 2.01. The van der Waals surface area contributed by atoms with Crippen LogP contribution in [0.25, 0.3) is 0 Å². The molecule has 3 rings (SSSR count). The van der Waals surface area contributed by atoms with Crippen molar-refractivity contribution in [2.24, 2.45) is 0 Å². The van der Waals surface area contributed by atoms with Crippen LogP contribution < -0.4 is 10.2 Å². The summed E-state index contributed by atoms with van der Waals surface area (Å²) in [5, 5.41) is 3.06. The van der Waals surface area contributed by atoms with E-state index in [0.717, 1.165) is 30.8 Å². The molecule has 1 aliphatic heterocycles. The fraction of sp³-hybridized carbons (Fsp3) is 0.368. The molecule has 0 aliphatic carbocycles. The van der Waals surface area contributed by atoms with Gasteiger partial charge in [0.2, 0.25) is 0 Å². The van der Waals surface area contributed by atoms with Crippen LogP contribution in [-0.2, 0) is 0 Å². The molecular weight excluding hydrogens is 319 g/mol. The van der Waals surface area contributed by atoms with Crippen molar-refractivity contribution in [3.63, 3.8) is 0 Å². The second kappa shape index (κ2) is 7.96. The molecule has 25 heavy (non-hydrogen) atoms. The van der Waals surface area contributed by atoms with E-state index in [1.165, 1.54) is 12.1 Å². The van der Waals surface area contributed by atoms with Crippen LogP contribution >= 0.6 is 0 Å². The normalized spacial score (nSPS) is 15.8. The van der Waals surface area contributed by atoms with Crippen LogP contribution in [0.2, 0.25) is 0 Å². The molecule has 0 radical (unpaired) electrons. The summed E-state index contributed by atoms with van der Waals surface area (Å²) in [7, 11) is 0. The Kier molecular flexibility index (Phi) is 5.48. The molecule has 2 amide bonds. The van der Waals surface area contributed by atoms with E-state index in [2.05, 4.69) is 15.2 Å². The number of nitrogens with one attached hydrogen (secondary N) is 1. The number of pyridine rings is 1. The SMILES string of the molecule is CC[C@@H](NC(=O)N1CCN(c2cccnc2)CC1)c1ccc(F)cc1. The van der Waals surface area contributed by atoms with E-state index < -0.39 is 0 Å². The van der Waals surface area contributed by atoms with Gasteiger partial charge in [-0.3, -0.25) is 4.98 Å². The standard InChI is InChI=1S/C19H23FN4O/c1-2-18(15-5-7-16(20)8-6-15)22-19(25)24-12-10-23(11-13-24)17-4-3-9-21-14-17/h3-9,14,18H,2,10-13H2,1H3,(H,22,25)/t18-/m1/s1. The maximum absolute atomic E-state index is 13.1. The van der Waals surface area contributed by atoms with E-state index in [0.29, 0.717) is 13.1 Å². The number of amides is 2. The van der Waals surface area contributed by atoms with Gasteiger partial charge in [0.25, 0.3) is 0 Å².